The quantitative estimate of drug-likeness (QED) is 0.454. The van der Waals surface area contributed by atoms with Gasteiger partial charge in [0, 0.05) is 3.57 Å². The summed E-state index contributed by atoms with van der Waals surface area (Å²) >= 11 is 1.87. The molecule has 2 aromatic rings. The number of benzene rings is 2. The lowest BCUT2D eigenvalue weighted by molar-refractivity contribution is 0.0521. The molecule has 0 saturated heterocycles. The molecule has 1 amide bonds. The number of hydrogen-bond acceptors (Lipinski definition) is 5. The number of carbonyl (C=O) groups excluding carboxylic acids is 1. The maximum atomic E-state index is 14.4. The molecule has 0 aliphatic carbocycles. The molecule has 1 atom stereocenters. The number of anilines is 2. The maximum absolute atomic E-state index is 14.4. The predicted octanol–water partition coefficient (Wildman–Crippen LogP) is 2.28. The monoisotopic (exact) mass is 482 g/mol. The molecule has 0 heterocycles. The first-order valence-electron chi connectivity index (χ1n) is 7.20. The van der Waals surface area contributed by atoms with Crippen molar-refractivity contribution in [1.82, 2.24) is 0 Å². The number of aliphatic hydroxyl groups excluding tert-OH is 2. The second kappa shape index (κ2) is 8.56. The molecule has 0 aliphatic rings. The first-order chi connectivity index (χ1) is 12.2. The average molecular weight is 482 g/mol. The van der Waals surface area contributed by atoms with Crippen LogP contribution in [0.2, 0.25) is 0 Å². The van der Waals surface area contributed by atoms with Gasteiger partial charge in [-0.15, -0.1) is 0 Å². The fourth-order valence-corrected chi connectivity index (χ4v) is 2.44. The molecule has 0 aromatic heterocycles. The normalized spacial score (nSPS) is 11.9. The van der Waals surface area contributed by atoms with Crippen LogP contribution in [0.15, 0.2) is 24.3 Å². The molecule has 26 heavy (non-hydrogen) atoms. The highest BCUT2D eigenvalue weighted by Crippen LogP contribution is 2.33. The van der Waals surface area contributed by atoms with Crippen LogP contribution >= 0.6 is 22.6 Å². The van der Waals surface area contributed by atoms with Crippen molar-refractivity contribution in [2.45, 2.75) is 6.10 Å². The van der Waals surface area contributed by atoms with Crippen molar-refractivity contribution in [2.75, 3.05) is 18.5 Å². The minimum Gasteiger partial charge on any atom is -0.488 e. The van der Waals surface area contributed by atoms with E-state index in [4.69, 9.17) is 15.6 Å². The minimum atomic E-state index is -1.51. The van der Waals surface area contributed by atoms with Gasteiger partial charge in [-0.2, -0.15) is 4.39 Å². The third kappa shape index (κ3) is 4.56. The molecule has 0 aliphatic heterocycles. The van der Waals surface area contributed by atoms with Crippen molar-refractivity contribution in [2.24, 2.45) is 5.73 Å². The number of aliphatic hydroxyl groups is 2. The van der Waals surface area contributed by atoms with Gasteiger partial charge >= 0.3 is 0 Å². The van der Waals surface area contributed by atoms with E-state index in [9.17, 15) is 23.1 Å². The molecule has 10 heteroatoms. The molecule has 2 aromatic carbocycles. The molecule has 0 unspecified atom stereocenters. The Morgan fingerprint density at radius 3 is 2.54 bits per heavy atom. The summed E-state index contributed by atoms with van der Waals surface area (Å²) in [6.45, 7) is -1.19. The molecule has 0 spiro atoms. The van der Waals surface area contributed by atoms with E-state index < -0.39 is 59.7 Å². The lowest BCUT2D eigenvalue weighted by atomic mass is 10.1. The van der Waals surface area contributed by atoms with E-state index in [0.29, 0.717) is 3.57 Å². The summed E-state index contributed by atoms with van der Waals surface area (Å²) in [6.07, 6.45) is -1.33. The second-order valence-corrected chi connectivity index (χ2v) is 6.43. The predicted molar refractivity (Wildman–Crippen MR) is 95.9 cm³/mol. The number of primary amides is 1. The average Bonchev–Trinajstić information content (AvgIpc) is 2.59. The van der Waals surface area contributed by atoms with E-state index in [-0.39, 0.29) is 5.69 Å². The zero-order valence-electron chi connectivity index (χ0n) is 13.1. The number of nitrogens with one attached hydrogen (secondary N) is 1. The molecule has 0 fully saturated rings. The van der Waals surface area contributed by atoms with E-state index in [2.05, 4.69) is 5.32 Å². The van der Waals surface area contributed by atoms with Crippen molar-refractivity contribution < 1.29 is 32.9 Å². The van der Waals surface area contributed by atoms with Crippen LogP contribution in [0.5, 0.6) is 5.75 Å². The first kappa shape index (κ1) is 20.3. The van der Waals surface area contributed by atoms with Gasteiger partial charge in [-0.3, -0.25) is 4.79 Å². The number of nitrogens with two attached hydrogens (primary N) is 1. The summed E-state index contributed by atoms with van der Waals surface area (Å²) in [7, 11) is 0. The van der Waals surface area contributed by atoms with Crippen LogP contribution in [0.3, 0.4) is 0 Å². The Morgan fingerprint density at radius 2 is 1.96 bits per heavy atom. The Bertz CT molecular complexity index is 836. The Balaban J connectivity index is 2.45. The summed E-state index contributed by atoms with van der Waals surface area (Å²) in [4.78, 5) is 11.6. The van der Waals surface area contributed by atoms with Gasteiger partial charge < -0.3 is 26.0 Å². The fourth-order valence-electron chi connectivity index (χ4n) is 1.99. The van der Waals surface area contributed by atoms with Crippen molar-refractivity contribution in [3.05, 3.63) is 50.9 Å². The lowest BCUT2D eigenvalue weighted by Gasteiger charge is -2.16. The number of hydrogen-bond donors (Lipinski definition) is 4. The summed E-state index contributed by atoms with van der Waals surface area (Å²) in [5.74, 6) is -5.50. The van der Waals surface area contributed by atoms with Crippen LogP contribution in [0, 0.1) is 21.0 Å². The molecule has 0 radical (unpaired) electrons. The Labute approximate surface area is 159 Å². The number of halogens is 4. The summed E-state index contributed by atoms with van der Waals surface area (Å²) < 4.78 is 48.0. The van der Waals surface area contributed by atoms with Gasteiger partial charge in [0.2, 0.25) is 5.82 Å². The number of amides is 1. The van der Waals surface area contributed by atoms with E-state index in [1.807, 2.05) is 22.6 Å². The van der Waals surface area contributed by atoms with Crippen LogP contribution < -0.4 is 15.8 Å². The molecule has 2 rings (SSSR count). The highest BCUT2D eigenvalue weighted by Gasteiger charge is 2.23. The van der Waals surface area contributed by atoms with E-state index in [1.165, 1.54) is 12.1 Å². The van der Waals surface area contributed by atoms with Crippen molar-refractivity contribution >= 4 is 39.9 Å². The number of rotatable bonds is 7. The lowest BCUT2D eigenvalue weighted by Crippen LogP contribution is -2.22. The fraction of sp³-hybridized carbons (Fsp3) is 0.188. The van der Waals surface area contributed by atoms with E-state index >= 15 is 0 Å². The van der Waals surface area contributed by atoms with Crippen LogP contribution in [0.1, 0.15) is 10.4 Å². The van der Waals surface area contributed by atoms with Gasteiger partial charge in [-0.1, -0.05) is 0 Å². The molecular formula is C16H14F3IN2O4. The van der Waals surface area contributed by atoms with Gasteiger partial charge in [0.25, 0.3) is 5.91 Å². The molecule has 0 bridgehead atoms. The standard InChI is InChI=1S/C16H14F3IN2O4/c17-10-3-7(20)1-2-11(10)22-15-9(16(21)25)4-12(13(18)14(15)19)26-6-8(24)5-23/h1-4,8,22-24H,5-6H2,(H2,21,25)/t8-/m1/s1. The molecule has 140 valence electrons. The number of ether oxygens (including phenoxy) is 1. The Morgan fingerprint density at radius 1 is 1.27 bits per heavy atom. The third-order valence-corrected chi connectivity index (χ3v) is 3.94. The molecule has 0 saturated carbocycles. The first-order valence-corrected chi connectivity index (χ1v) is 8.28. The van der Waals surface area contributed by atoms with E-state index in [0.717, 1.165) is 12.1 Å². The van der Waals surface area contributed by atoms with Crippen molar-refractivity contribution in [1.29, 1.82) is 0 Å². The largest absolute Gasteiger partial charge is 0.488 e. The van der Waals surface area contributed by atoms with E-state index in [1.54, 1.807) is 0 Å². The highest BCUT2D eigenvalue weighted by molar-refractivity contribution is 14.1. The SMILES string of the molecule is NC(=O)c1cc(OC[C@H](O)CO)c(F)c(F)c1Nc1ccc(I)cc1F. The Kier molecular flexibility index (Phi) is 6.67. The topological polar surface area (TPSA) is 105 Å². The van der Waals surface area contributed by atoms with Gasteiger partial charge in [-0.05, 0) is 46.9 Å². The van der Waals surface area contributed by atoms with Crippen molar-refractivity contribution in [3.63, 3.8) is 0 Å². The van der Waals surface area contributed by atoms with Gasteiger partial charge in [0.05, 0.1) is 23.5 Å². The minimum absolute atomic E-state index is 0.185. The highest BCUT2D eigenvalue weighted by atomic mass is 127. The molecular weight excluding hydrogens is 468 g/mol. The van der Waals surface area contributed by atoms with Gasteiger partial charge in [-0.25, -0.2) is 8.78 Å². The van der Waals surface area contributed by atoms with Gasteiger partial charge in [0.15, 0.2) is 11.6 Å². The van der Waals surface area contributed by atoms with Crippen LogP contribution in [-0.2, 0) is 0 Å². The van der Waals surface area contributed by atoms with Crippen molar-refractivity contribution in [3.8, 4) is 5.75 Å². The van der Waals surface area contributed by atoms with Crippen LogP contribution in [-0.4, -0.2) is 35.4 Å². The summed E-state index contributed by atoms with van der Waals surface area (Å²) in [5, 5.41) is 20.3. The number of carbonyl (C=O) groups is 1. The zero-order chi connectivity index (χ0) is 19.4. The summed E-state index contributed by atoms with van der Waals surface area (Å²) in [5.41, 5.74) is 3.88. The smallest absolute Gasteiger partial charge is 0.251 e. The zero-order valence-corrected chi connectivity index (χ0v) is 15.3. The molecule has 6 nitrogen and oxygen atoms in total. The van der Waals surface area contributed by atoms with Gasteiger partial charge in [0.1, 0.15) is 18.5 Å². The third-order valence-electron chi connectivity index (χ3n) is 3.27. The Hall–Kier alpha value is -2.05. The summed E-state index contributed by atoms with van der Waals surface area (Å²) in [6, 6.07) is 4.81. The maximum Gasteiger partial charge on any atom is 0.251 e. The van der Waals surface area contributed by atoms with Crippen LogP contribution in [0.4, 0.5) is 24.5 Å². The molecule has 5 N–H and O–H groups in total. The second-order valence-electron chi connectivity index (χ2n) is 5.19. The van der Waals surface area contributed by atoms with Crippen LogP contribution in [0.25, 0.3) is 0 Å².